The first kappa shape index (κ1) is 17.5. The van der Waals surface area contributed by atoms with Crippen molar-refractivity contribution in [3.63, 3.8) is 0 Å². The molecule has 0 unspecified atom stereocenters. The Hall–Kier alpha value is -2.96. The number of carbonyl (C=O) groups excluding carboxylic acids is 1. The second-order valence-corrected chi connectivity index (χ2v) is 7.38. The molecule has 0 radical (unpaired) electrons. The molecule has 0 bridgehead atoms. The van der Waals surface area contributed by atoms with Crippen molar-refractivity contribution in [1.82, 2.24) is 19.7 Å². The Labute approximate surface area is 158 Å². The molecular weight excluding hydrogens is 340 g/mol. The summed E-state index contributed by atoms with van der Waals surface area (Å²) in [5.41, 5.74) is 4.00. The molecule has 0 atom stereocenters. The van der Waals surface area contributed by atoms with Gasteiger partial charge in [0.05, 0.1) is 22.3 Å². The van der Waals surface area contributed by atoms with E-state index in [9.17, 15) is 4.79 Å². The third-order valence-electron chi connectivity index (χ3n) is 5.07. The topological polar surface area (TPSA) is 67.2 Å². The Kier molecular flexibility index (Phi) is 4.09. The SMILES string of the molecule is Cc1nn(C)c2nc(C3CC3)cc(C(=O)N(C)c3cccnc3N(C)C)c12. The Morgan fingerprint density at radius 3 is 2.67 bits per heavy atom. The molecule has 0 N–H and O–H groups in total. The second-order valence-electron chi connectivity index (χ2n) is 7.38. The molecule has 7 heteroatoms. The zero-order valence-electron chi connectivity index (χ0n) is 16.4. The monoisotopic (exact) mass is 364 g/mol. The number of pyridine rings is 2. The highest BCUT2D eigenvalue weighted by atomic mass is 16.2. The summed E-state index contributed by atoms with van der Waals surface area (Å²) in [6, 6.07) is 5.72. The van der Waals surface area contributed by atoms with Crippen LogP contribution in [0, 0.1) is 6.92 Å². The molecule has 1 aliphatic rings. The smallest absolute Gasteiger partial charge is 0.259 e. The molecule has 3 aromatic rings. The number of carbonyl (C=O) groups is 1. The summed E-state index contributed by atoms with van der Waals surface area (Å²) in [5.74, 6) is 1.14. The summed E-state index contributed by atoms with van der Waals surface area (Å²) in [7, 11) is 7.51. The number of hydrogen-bond acceptors (Lipinski definition) is 5. The largest absolute Gasteiger partial charge is 0.361 e. The van der Waals surface area contributed by atoms with Gasteiger partial charge in [0, 0.05) is 46.0 Å². The summed E-state index contributed by atoms with van der Waals surface area (Å²) in [6.07, 6.45) is 4.00. The molecule has 1 amide bonds. The van der Waals surface area contributed by atoms with Crippen LogP contribution in [0.2, 0.25) is 0 Å². The van der Waals surface area contributed by atoms with E-state index in [1.807, 2.05) is 51.2 Å². The zero-order valence-corrected chi connectivity index (χ0v) is 16.4. The predicted octanol–water partition coefficient (Wildman–Crippen LogP) is 2.89. The van der Waals surface area contributed by atoms with Crippen molar-refractivity contribution in [2.24, 2.45) is 7.05 Å². The van der Waals surface area contributed by atoms with E-state index in [1.54, 1.807) is 22.8 Å². The highest BCUT2D eigenvalue weighted by molar-refractivity contribution is 6.14. The van der Waals surface area contributed by atoms with Gasteiger partial charge in [-0.05, 0) is 38.0 Å². The van der Waals surface area contributed by atoms with Gasteiger partial charge in [0.25, 0.3) is 5.91 Å². The van der Waals surface area contributed by atoms with E-state index < -0.39 is 0 Å². The van der Waals surface area contributed by atoms with Gasteiger partial charge in [0.2, 0.25) is 0 Å². The first-order valence-corrected chi connectivity index (χ1v) is 9.13. The van der Waals surface area contributed by atoms with E-state index in [2.05, 4.69) is 10.1 Å². The van der Waals surface area contributed by atoms with Crippen LogP contribution in [0.5, 0.6) is 0 Å². The number of nitrogens with zero attached hydrogens (tertiary/aromatic N) is 6. The molecule has 3 aromatic heterocycles. The summed E-state index contributed by atoms with van der Waals surface area (Å²) < 4.78 is 1.77. The van der Waals surface area contributed by atoms with Crippen LogP contribution < -0.4 is 9.80 Å². The highest BCUT2D eigenvalue weighted by Gasteiger charge is 2.29. The van der Waals surface area contributed by atoms with Gasteiger partial charge in [-0.2, -0.15) is 5.10 Å². The molecule has 140 valence electrons. The van der Waals surface area contributed by atoms with Gasteiger partial charge in [0.15, 0.2) is 11.5 Å². The van der Waals surface area contributed by atoms with Crippen molar-refractivity contribution >= 4 is 28.4 Å². The van der Waals surface area contributed by atoms with Gasteiger partial charge in [-0.1, -0.05) is 0 Å². The normalized spacial score (nSPS) is 13.8. The van der Waals surface area contributed by atoms with Crippen LogP contribution >= 0.6 is 0 Å². The zero-order chi connectivity index (χ0) is 19.3. The fraction of sp³-hybridized carbons (Fsp3) is 0.400. The molecular formula is C20H24N6O. The molecule has 4 rings (SSSR count). The number of hydrogen-bond donors (Lipinski definition) is 0. The summed E-state index contributed by atoms with van der Waals surface area (Å²) >= 11 is 0. The molecule has 1 aliphatic carbocycles. The van der Waals surface area contributed by atoms with Crippen molar-refractivity contribution in [2.75, 3.05) is 30.9 Å². The van der Waals surface area contributed by atoms with Gasteiger partial charge in [-0.3, -0.25) is 9.48 Å². The minimum absolute atomic E-state index is 0.0727. The summed E-state index contributed by atoms with van der Waals surface area (Å²) in [4.78, 5) is 26.3. The quantitative estimate of drug-likeness (QED) is 0.712. The van der Waals surface area contributed by atoms with Gasteiger partial charge in [0.1, 0.15) is 0 Å². The van der Waals surface area contributed by atoms with Crippen molar-refractivity contribution in [1.29, 1.82) is 0 Å². The fourth-order valence-corrected chi connectivity index (χ4v) is 3.51. The highest BCUT2D eigenvalue weighted by Crippen LogP contribution is 2.40. The van der Waals surface area contributed by atoms with Crippen molar-refractivity contribution in [3.05, 3.63) is 41.3 Å². The van der Waals surface area contributed by atoms with E-state index in [1.165, 1.54) is 0 Å². The van der Waals surface area contributed by atoms with E-state index in [4.69, 9.17) is 4.98 Å². The Morgan fingerprint density at radius 1 is 1.26 bits per heavy atom. The number of rotatable bonds is 4. The lowest BCUT2D eigenvalue weighted by atomic mass is 10.1. The third kappa shape index (κ3) is 2.93. The number of anilines is 2. The lowest BCUT2D eigenvalue weighted by Crippen LogP contribution is -2.29. The van der Waals surface area contributed by atoms with Crippen molar-refractivity contribution in [2.45, 2.75) is 25.7 Å². The van der Waals surface area contributed by atoms with Crippen LogP contribution in [0.1, 0.15) is 40.5 Å². The molecule has 0 aromatic carbocycles. The third-order valence-corrected chi connectivity index (χ3v) is 5.07. The van der Waals surface area contributed by atoms with Gasteiger partial charge in [-0.15, -0.1) is 0 Å². The first-order valence-electron chi connectivity index (χ1n) is 9.13. The molecule has 27 heavy (non-hydrogen) atoms. The van der Waals surface area contributed by atoms with E-state index in [0.29, 0.717) is 11.5 Å². The molecule has 0 saturated heterocycles. The van der Waals surface area contributed by atoms with E-state index >= 15 is 0 Å². The van der Waals surface area contributed by atoms with Gasteiger partial charge < -0.3 is 9.80 Å². The number of amides is 1. The summed E-state index contributed by atoms with van der Waals surface area (Å²) in [6.45, 7) is 1.92. The van der Waals surface area contributed by atoms with Gasteiger partial charge >= 0.3 is 0 Å². The fourth-order valence-electron chi connectivity index (χ4n) is 3.51. The molecule has 0 aliphatic heterocycles. The second kappa shape index (κ2) is 6.33. The minimum atomic E-state index is -0.0727. The molecule has 1 fully saturated rings. The molecule has 0 spiro atoms. The average molecular weight is 364 g/mol. The van der Waals surface area contributed by atoms with Crippen LogP contribution in [0.4, 0.5) is 11.5 Å². The first-order chi connectivity index (χ1) is 12.9. The maximum absolute atomic E-state index is 13.5. The number of fused-ring (bicyclic) bond motifs is 1. The molecule has 7 nitrogen and oxygen atoms in total. The lowest BCUT2D eigenvalue weighted by molar-refractivity contribution is 0.0994. The Balaban J connectivity index is 1.85. The average Bonchev–Trinajstić information content (AvgIpc) is 3.46. The Bertz CT molecular complexity index is 1030. The minimum Gasteiger partial charge on any atom is -0.361 e. The van der Waals surface area contributed by atoms with Crippen LogP contribution in [-0.2, 0) is 7.05 Å². The van der Waals surface area contributed by atoms with E-state index in [0.717, 1.165) is 46.8 Å². The molecule has 1 saturated carbocycles. The van der Waals surface area contributed by atoms with Gasteiger partial charge in [-0.25, -0.2) is 9.97 Å². The Morgan fingerprint density at radius 2 is 2.00 bits per heavy atom. The number of aromatic nitrogens is 4. The molecule has 3 heterocycles. The maximum Gasteiger partial charge on any atom is 0.259 e. The van der Waals surface area contributed by atoms with Crippen molar-refractivity contribution < 1.29 is 4.79 Å². The van der Waals surface area contributed by atoms with E-state index in [-0.39, 0.29) is 5.91 Å². The summed E-state index contributed by atoms with van der Waals surface area (Å²) in [5, 5.41) is 5.32. The number of aryl methyl sites for hydroxylation is 2. The van der Waals surface area contributed by atoms with Crippen LogP contribution in [-0.4, -0.2) is 46.8 Å². The van der Waals surface area contributed by atoms with Crippen LogP contribution in [0.15, 0.2) is 24.4 Å². The predicted molar refractivity (Wildman–Crippen MR) is 107 cm³/mol. The van der Waals surface area contributed by atoms with Crippen LogP contribution in [0.25, 0.3) is 11.0 Å². The lowest BCUT2D eigenvalue weighted by Gasteiger charge is -2.23. The maximum atomic E-state index is 13.5. The standard InChI is InChI=1S/C20H24N6O/c1-12-17-14(11-15(13-8-9-13)22-19(17)26(5)23-12)20(27)25(4)16-7-6-10-21-18(16)24(2)3/h6-7,10-11,13H,8-9H2,1-5H3. The van der Waals surface area contributed by atoms with Crippen molar-refractivity contribution in [3.8, 4) is 0 Å². The van der Waals surface area contributed by atoms with Crippen LogP contribution in [0.3, 0.4) is 0 Å².